The zero-order valence-corrected chi connectivity index (χ0v) is 12.2. The van der Waals surface area contributed by atoms with Crippen molar-refractivity contribution in [2.75, 3.05) is 38.2 Å². The van der Waals surface area contributed by atoms with Gasteiger partial charge < -0.3 is 20.7 Å². The number of nitrogens with zero attached hydrogens (tertiary/aromatic N) is 1. The Morgan fingerprint density at radius 2 is 2.10 bits per heavy atom. The molecule has 0 radical (unpaired) electrons. The van der Waals surface area contributed by atoms with Crippen molar-refractivity contribution in [1.82, 2.24) is 4.90 Å². The number of rotatable bonds is 4. The summed E-state index contributed by atoms with van der Waals surface area (Å²) in [5, 5.41) is 2.78. The largest absolute Gasteiger partial charge is 0.378 e. The number of carbonyl (C=O) groups excluding carboxylic acids is 2. The van der Waals surface area contributed by atoms with Crippen LogP contribution in [0.3, 0.4) is 0 Å². The normalized spacial score (nSPS) is 16.4. The molecule has 114 valence electrons. The highest BCUT2D eigenvalue weighted by atomic mass is 16.5. The van der Waals surface area contributed by atoms with Crippen molar-refractivity contribution < 1.29 is 14.3 Å². The first-order valence-corrected chi connectivity index (χ1v) is 7.10. The molecule has 0 spiro atoms. The molecule has 6 nitrogen and oxygen atoms in total. The fourth-order valence-corrected chi connectivity index (χ4v) is 2.05. The van der Waals surface area contributed by atoms with E-state index in [0.29, 0.717) is 37.6 Å². The molecule has 0 aromatic heterocycles. The summed E-state index contributed by atoms with van der Waals surface area (Å²) >= 11 is 0. The first-order chi connectivity index (χ1) is 10.1. The molecular weight excluding hydrogens is 270 g/mol. The van der Waals surface area contributed by atoms with E-state index in [4.69, 9.17) is 10.5 Å². The van der Waals surface area contributed by atoms with E-state index in [1.807, 2.05) is 0 Å². The maximum Gasteiger partial charge on any atom is 0.254 e. The predicted molar refractivity (Wildman–Crippen MR) is 80.0 cm³/mol. The molecule has 1 heterocycles. The third-order valence-electron chi connectivity index (χ3n) is 3.48. The van der Waals surface area contributed by atoms with Crippen LogP contribution in [0.4, 0.5) is 5.69 Å². The molecule has 1 unspecified atom stereocenters. The van der Waals surface area contributed by atoms with E-state index in [0.717, 1.165) is 0 Å². The standard InChI is InChI=1S/C15H21N3O3/c1-11(10-16)14(19)17-13-4-2-3-12(9-13)15(20)18-5-7-21-8-6-18/h2-4,9,11H,5-8,10,16H2,1H3,(H,17,19). The maximum atomic E-state index is 12.4. The van der Waals surface area contributed by atoms with Crippen LogP contribution in [0.25, 0.3) is 0 Å². The lowest BCUT2D eigenvalue weighted by Gasteiger charge is -2.27. The summed E-state index contributed by atoms with van der Waals surface area (Å²) in [6.45, 7) is 4.38. The number of carbonyl (C=O) groups is 2. The van der Waals surface area contributed by atoms with Gasteiger partial charge in [-0.15, -0.1) is 0 Å². The van der Waals surface area contributed by atoms with Crippen LogP contribution >= 0.6 is 0 Å². The van der Waals surface area contributed by atoms with Gasteiger partial charge in [0.25, 0.3) is 5.91 Å². The van der Waals surface area contributed by atoms with Gasteiger partial charge in [0.15, 0.2) is 0 Å². The highest BCUT2D eigenvalue weighted by Gasteiger charge is 2.19. The minimum Gasteiger partial charge on any atom is -0.378 e. The zero-order valence-electron chi connectivity index (χ0n) is 12.2. The Labute approximate surface area is 124 Å². The van der Waals surface area contributed by atoms with E-state index < -0.39 is 0 Å². The Morgan fingerprint density at radius 1 is 1.38 bits per heavy atom. The number of hydrogen-bond acceptors (Lipinski definition) is 4. The molecule has 6 heteroatoms. The molecule has 21 heavy (non-hydrogen) atoms. The summed E-state index contributed by atoms with van der Waals surface area (Å²) in [6.07, 6.45) is 0. The van der Waals surface area contributed by atoms with E-state index in [-0.39, 0.29) is 24.3 Å². The molecule has 3 N–H and O–H groups in total. The summed E-state index contributed by atoms with van der Waals surface area (Å²) in [5.74, 6) is -0.446. The van der Waals surface area contributed by atoms with E-state index in [1.54, 1.807) is 36.1 Å². The van der Waals surface area contributed by atoms with Crippen LogP contribution < -0.4 is 11.1 Å². The van der Waals surface area contributed by atoms with Crippen LogP contribution in [0.5, 0.6) is 0 Å². The van der Waals surface area contributed by atoms with Gasteiger partial charge in [-0.25, -0.2) is 0 Å². The lowest BCUT2D eigenvalue weighted by atomic mass is 10.1. The second-order valence-electron chi connectivity index (χ2n) is 5.11. The number of hydrogen-bond donors (Lipinski definition) is 2. The molecule has 1 aromatic rings. The van der Waals surface area contributed by atoms with Crippen molar-refractivity contribution >= 4 is 17.5 Å². The molecule has 1 atom stereocenters. The minimum atomic E-state index is -0.261. The van der Waals surface area contributed by atoms with E-state index in [9.17, 15) is 9.59 Å². The van der Waals surface area contributed by atoms with Crippen LogP contribution in [0.15, 0.2) is 24.3 Å². The molecule has 1 aromatic carbocycles. The average molecular weight is 291 g/mol. The second kappa shape index (κ2) is 7.19. The molecule has 1 saturated heterocycles. The lowest BCUT2D eigenvalue weighted by Crippen LogP contribution is -2.40. The third kappa shape index (κ3) is 4.03. The van der Waals surface area contributed by atoms with Crippen LogP contribution in [0.2, 0.25) is 0 Å². The number of nitrogens with two attached hydrogens (primary N) is 1. The van der Waals surface area contributed by atoms with Gasteiger partial charge in [0.05, 0.1) is 13.2 Å². The Morgan fingerprint density at radius 3 is 2.76 bits per heavy atom. The molecule has 0 saturated carbocycles. The van der Waals surface area contributed by atoms with Gasteiger partial charge >= 0.3 is 0 Å². The van der Waals surface area contributed by atoms with Crippen LogP contribution in [0.1, 0.15) is 17.3 Å². The summed E-state index contributed by atoms with van der Waals surface area (Å²) in [4.78, 5) is 25.9. The minimum absolute atomic E-state index is 0.0405. The first kappa shape index (κ1) is 15.5. The third-order valence-corrected chi connectivity index (χ3v) is 3.48. The highest BCUT2D eigenvalue weighted by Crippen LogP contribution is 2.14. The van der Waals surface area contributed by atoms with Gasteiger partial charge in [0, 0.05) is 36.8 Å². The maximum absolute atomic E-state index is 12.4. The zero-order chi connectivity index (χ0) is 15.2. The summed E-state index contributed by atoms with van der Waals surface area (Å²) in [7, 11) is 0. The SMILES string of the molecule is CC(CN)C(=O)Nc1cccc(C(=O)N2CCOCC2)c1. The number of ether oxygens (including phenoxy) is 1. The van der Waals surface area contributed by atoms with Gasteiger partial charge in [0.1, 0.15) is 0 Å². The summed E-state index contributed by atoms with van der Waals surface area (Å²) in [5.41, 5.74) is 6.64. The van der Waals surface area contributed by atoms with Crippen LogP contribution in [-0.2, 0) is 9.53 Å². The predicted octanol–water partition coefficient (Wildman–Crippen LogP) is 0.692. The Bertz CT molecular complexity index is 513. The van der Waals surface area contributed by atoms with Crippen molar-refractivity contribution in [3.63, 3.8) is 0 Å². The first-order valence-electron chi connectivity index (χ1n) is 7.10. The fourth-order valence-electron chi connectivity index (χ4n) is 2.05. The quantitative estimate of drug-likeness (QED) is 0.855. The highest BCUT2D eigenvalue weighted by molar-refractivity contribution is 5.97. The van der Waals surface area contributed by atoms with E-state index in [2.05, 4.69) is 5.32 Å². The van der Waals surface area contributed by atoms with Gasteiger partial charge in [-0.1, -0.05) is 13.0 Å². The number of amides is 2. The number of benzene rings is 1. The topological polar surface area (TPSA) is 84.7 Å². The Hall–Kier alpha value is -1.92. The second-order valence-corrected chi connectivity index (χ2v) is 5.11. The summed E-state index contributed by atoms with van der Waals surface area (Å²) < 4.78 is 5.24. The summed E-state index contributed by atoms with van der Waals surface area (Å²) in [6, 6.07) is 6.96. The Balaban J connectivity index is 2.06. The van der Waals surface area contributed by atoms with E-state index in [1.165, 1.54) is 0 Å². The van der Waals surface area contributed by atoms with Crippen molar-refractivity contribution in [3.05, 3.63) is 29.8 Å². The molecule has 0 aliphatic carbocycles. The lowest BCUT2D eigenvalue weighted by molar-refractivity contribution is -0.119. The van der Waals surface area contributed by atoms with Gasteiger partial charge in [-0.05, 0) is 18.2 Å². The van der Waals surface area contributed by atoms with Crippen molar-refractivity contribution in [2.24, 2.45) is 11.7 Å². The van der Waals surface area contributed by atoms with Crippen LogP contribution in [0, 0.1) is 5.92 Å². The number of morpholine rings is 1. The molecule has 1 aliphatic heterocycles. The van der Waals surface area contributed by atoms with Gasteiger partial charge in [0.2, 0.25) is 5.91 Å². The van der Waals surface area contributed by atoms with Crippen molar-refractivity contribution in [3.8, 4) is 0 Å². The fraction of sp³-hybridized carbons (Fsp3) is 0.467. The van der Waals surface area contributed by atoms with Gasteiger partial charge in [-0.3, -0.25) is 9.59 Å². The monoisotopic (exact) mass is 291 g/mol. The Kier molecular flexibility index (Phi) is 5.30. The number of anilines is 1. The smallest absolute Gasteiger partial charge is 0.254 e. The molecule has 1 aliphatic rings. The average Bonchev–Trinajstić information content (AvgIpc) is 2.54. The molecule has 0 bridgehead atoms. The molecule has 2 rings (SSSR count). The van der Waals surface area contributed by atoms with Crippen molar-refractivity contribution in [2.45, 2.75) is 6.92 Å². The number of nitrogens with one attached hydrogen (secondary N) is 1. The molecule has 2 amide bonds. The molecular formula is C15H21N3O3. The molecule has 1 fully saturated rings. The van der Waals surface area contributed by atoms with Gasteiger partial charge in [-0.2, -0.15) is 0 Å². The van der Waals surface area contributed by atoms with E-state index >= 15 is 0 Å². The van der Waals surface area contributed by atoms with Crippen molar-refractivity contribution in [1.29, 1.82) is 0 Å². The van der Waals surface area contributed by atoms with Crippen LogP contribution in [-0.4, -0.2) is 49.6 Å².